The molecule has 0 saturated heterocycles. The molecular weight excluding hydrogens is 310 g/mol. The van der Waals surface area contributed by atoms with Crippen LogP contribution in [-0.2, 0) is 6.42 Å². The van der Waals surface area contributed by atoms with Gasteiger partial charge < -0.3 is 10.2 Å². The molecule has 2 aromatic rings. The Labute approximate surface area is 118 Å². The fourth-order valence-electron chi connectivity index (χ4n) is 1.67. The summed E-state index contributed by atoms with van der Waals surface area (Å²) in [6, 6.07) is 5.19. The van der Waals surface area contributed by atoms with Gasteiger partial charge in [-0.3, -0.25) is 14.9 Å². The number of H-pyrrole nitrogens is 2. The van der Waals surface area contributed by atoms with Crippen LogP contribution in [-0.4, -0.2) is 28.1 Å². The normalized spacial score (nSPS) is 11.2. The van der Waals surface area contributed by atoms with E-state index in [1.807, 2.05) is 0 Å². The number of nitrogens with one attached hydrogen (secondary N) is 2. The highest BCUT2D eigenvalue weighted by Gasteiger charge is 2.00. The summed E-state index contributed by atoms with van der Waals surface area (Å²) in [6.45, 7) is 0.608. The number of aromatic amines is 2. The highest BCUT2D eigenvalue weighted by molar-refractivity contribution is 9.10. The SMILES string of the molecule is O=c1[nH][nH]cc1CCCN=Cc1cc(Br)ccc1O. The van der Waals surface area contributed by atoms with Crippen LogP contribution in [0.25, 0.3) is 0 Å². The number of phenolic OH excluding ortho intramolecular Hbond substituents is 1. The molecule has 0 saturated carbocycles. The number of nitrogens with zero attached hydrogens (tertiary/aromatic N) is 1. The highest BCUT2D eigenvalue weighted by Crippen LogP contribution is 2.20. The van der Waals surface area contributed by atoms with Gasteiger partial charge in [-0.25, -0.2) is 0 Å². The van der Waals surface area contributed by atoms with Crippen molar-refractivity contribution in [2.24, 2.45) is 4.99 Å². The molecule has 1 aromatic carbocycles. The predicted octanol–water partition coefficient (Wildman–Crippen LogP) is 2.22. The van der Waals surface area contributed by atoms with Crippen molar-refractivity contribution in [3.63, 3.8) is 0 Å². The molecule has 0 fully saturated rings. The highest BCUT2D eigenvalue weighted by atomic mass is 79.9. The molecule has 2 rings (SSSR count). The zero-order valence-electron chi connectivity index (χ0n) is 10.2. The number of aliphatic imine (C=N–C) groups is 1. The topological polar surface area (TPSA) is 81.2 Å². The summed E-state index contributed by atoms with van der Waals surface area (Å²) in [5.74, 6) is 0.203. The van der Waals surface area contributed by atoms with Gasteiger partial charge in [0, 0.05) is 34.6 Å². The van der Waals surface area contributed by atoms with E-state index in [1.54, 1.807) is 30.6 Å². The van der Waals surface area contributed by atoms with Crippen LogP contribution in [0.2, 0.25) is 0 Å². The van der Waals surface area contributed by atoms with Crippen molar-refractivity contribution in [1.82, 2.24) is 10.2 Å². The molecule has 0 amide bonds. The van der Waals surface area contributed by atoms with E-state index in [1.165, 1.54) is 0 Å². The van der Waals surface area contributed by atoms with Crippen molar-refractivity contribution in [3.05, 3.63) is 50.3 Å². The molecule has 19 heavy (non-hydrogen) atoms. The summed E-state index contributed by atoms with van der Waals surface area (Å²) in [7, 11) is 0. The van der Waals surface area contributed by atoms with Crippen LogP contribution in [0, 0.1) is 0 Å². The minimum Gasteiger partial charge on any atom is -0.507 e. The van der Waals surface area contributed by atoms with Crippen molar-refractivity contribution in [1.29, 1.82) is 0 Å². The standard InChI is InChI=1S/C13H14BrN3O2/c14-11-3-4-12(18)10(6-11)7-15-5-1-2-9-8-16-17-13(9)19/h3-4,6-8,18H,1-2,5H2,(H2,16,17,19). The number of hydrogen-bond acceptors (Lipinski definition) is 3. The minimum atomic E-state index is -0.0754. The van der Waals surface area contributed by atoms with Crippen LogP contribution in [0.4, 0.5) is 0 Å². The third kappa shape index (κ3) is 3.82. The lowest BCUT2D eigenvalue weighted by Gasteiger charge is -1.99. The van der Waals surface area contributed by atoms with Crippen molar-refractivity contribution in [2.75, 3.05) is 6.54 Å². The Bertz CT molecular complexity index is 631. The van der Waals surface area contributed by atoms with Gasteiger partial charge >= 0.3 is 0 Å². The first-order valence-corrected chi connectivity index (χ1v) is 6.69. The molecule has 0 aliphatic carbocycles. The Kier molecular flexibility index (Phi) is 4.57. The molecule has 0 bridgehead atoms. The summed E-state index contributed by atoms with van der Waals surface area (Å²) in [4.78, 5) is 15.5. The Morgan fingerprint density at radius 1 is 1.42 bits per heavy atom. The van der Waals surface area contributed by atoms with Gasteiger partial charge in [-0.2, -0.15) is 0 Å². The van der Waals surface area contributed by atoms with Crippen LogP contribution in [0.1, 0.15) is 17.5 Å². The summed E-state index contributed by atoms with van der Waals surface area (Å²) in [5.41, 5.74) is 1.34. The van der Waals surface area contributed by atoms with Gasteiger partial charge in [0.25, 0.3) is 5.56 Å². The van der Waals surface area contributed by atoms with Gasteiger partial charge in [-0.05, 0) is 31.0 Å². The van der Waals surface area contributed by atoms with Crippen LogP contribution >= 0.6 is 15.9 Å². The second kappa shape index (κ2) is 6.38. The Hall–Kier alpha value is -1.82. The second-order valence-electron chi connectivity index (χ2n) is 4.11. The lowest BCUT2D eigenvalue weighted by atomic mass is 10.2. The van der Waals surface area contributed by atoms with Gasteiger partial charge in [0.05, 0.1) is 0 Å². The molecule has 0 atom stereocenters. The van der Waals surface area contributed by atoms with Crippen molar-refractivity contribution >= 4 is 22.1 Å². The van der Waals surface area contributed by atoms with E-state index in [2.05, 4.69) is 31.1 Å². The third-order valence-electron chi connectivity index (χ3n) is 2.68. The largest absolute Gasteiger partial charge is 0.507 e. The average molecular weight is 324 g/mol. The molecule has 1 aromatic heterocycles. The zero-order valence-corrected chi connectivity index (χ0v) is 11.8. The van der Waals surface area contributed by atoms with Gasteiger partial charge in [-0.15, -0.1) is 0 Å². The van der Waals surface area contributed by atoms with E-state index >= 15 is 0 Å². The Morgan fingerprint density at radius 2 is 2.26 bits per heavy atom. The van der Waals surface area contributed by atoms with Gasteiger partial charge in [0.15, 0.2) is 0 Å². The van der Waals surface area contributed by atoms with Crippen molar-refractivity contribution in [2.45, 2.75) is 12.8 Å². The maximum absolute atomic E-state index is 11.2. The quantitative estimate of drug-likeness (QED) is 0.582. The van der Waals surface area contributed by atoms with Crippen molar-refractivity contribution < 1.29 is 5.11 Å². The Balaban J connectivity index is 1.85. The molecule has 3 N–H and O–H groups in total. The lowest BCUT2D eigenvalue weighted by molar-refractivity contribution is 0.474. The van der Waals surface area contributed by atoms with Crippen molar-refractivity contribution in [3.8, 4) is 5.75 Å². The summed E-state index contributed by atoms with van der Waals surface area (Å²) < 4.78 is 0.894. The molecule has 5 nitrogen and oxygen atoms in total. The van der Waals surface area contributed by atoms with E-state index in [9.17, 15) is 9.90 Å². The first-order chi connectivity index (χ1) is 9.16. The third-order valence-corrected chi connectivity index (χ3v) is 3.17. The molecule has 0 aliphatic rings. The van der Waals surface area contributed by atoms with Crippen LogP contribution in [0.3, 0.4) is 0 Å². The van der Waals surface area contributed by atoms with Gasteiger partial charge in [0.2, 0.25) is 0 Å². The molecule has 100 valence electrons. The second-order valence-corrected chi connectivity index (χ2v) is 5.03. The number of hydrogen-bond donors (Lipinski definition) is 3. The van der Waals surface area contributed by atoms with Gasteiger partial charge in [-0.1, -0.05) is 15.9 Å². The summed E-state index contributed by atoms with van der Waals surface area (Å²) >= 11 is 3.34. The number of halogens is 1. The van der Waals surface area contributed by atoms with E-state index in [0.29, 0.717) is 18.5 Å². The molecule has 0 unspecified atom stereocenters. The fraction of sp³-hybridized carbons (Fsp3) is 0.231. The van der Waals surface area contributed by atoms with E-state index in [-0.39, 0.29) is 11.3 Å². The molecular formula is C13H14BrN3O2. The fourth-order valence-corrected chi connectivity index (χ4v) is 2.05. The molecule has 6 heteroatoms. The molecule has 1 heterocycles. The van der Waals surface area contributed by atoms with E-state index in [4.69, 9.17) is 0 Å². The molecule has 0 spiro atoms. The van der Waals surface area contributed by atoms with Crippen LogP contribution < -0.4 is 5.56 Å². The molecule has 0 aliphatic heterocycles. The zero-order chi connectivity index (χ0) is 13.7. The monoisotopic (exact) mass is 323 g/mol. The van der Waals surface area contributed by atoms with E-state index < -0.39 is 0 Å². The minimum absolute atomic E-state index is 0.0754. The first kappa shape index (κ1) is 13.6. The number of aryl methyl sites for hydroxylation is 1. The lowest BCUT2D eigenvalue weighted by Crippen LogP contribution is -2.05. The summed E-state index contributed by atoms with van der Waals surface area (Å²) in [6.07, 6.45) is 4.78. The van der Waals surface area contributed by atoms with Crippen LogP contribution in [0.15, 0.2) is 38.7 Å². The smallest absolute Gasteiger partial charge is 0.267 e. The number of phenols is 1. The van der Waals surface area contributed by atoms with Gasteiger partial charge in [0.1, 0.15) is 5.75 Å². The first-order valence-electron chi connectivity index (χ1n) is 5.90. The average Bonchev–Trinajstić information content (AvgIpc) is 2.79. The number of aromatic nitrogens is 2. The molecule has 0 radical (unpaired) electrons. The predicted molar refractivity (Wildman–Crippen MR) is 78.0 cm³/mol. The number of rotatable bonds is 5. The van der Waals surface area contributed by atoms with Crippen LogP contribution in [0.5, 0.6) is 5.75 Å². The Morgan fingerprint density at radius 3 is 3.00 bits per heavy atom. The number of aromatic hydroxyl groups is 1. The maximum atomic E-state index is 11.2. The maximum Gasteiger partial charge on any atom is 0.267 e. The summed E-state index contributed by atoms with van der Waals surface area (Å²) in [5, 5.41) is 14.8. The number of benzene rings is 1. The van der Waals surface area contributed by atoms with E-state index in [0.717, 1.165) is 16.5 Å².